The minimum atomic E-state index is -0.457. The summed E-state index contributed by atoms with van der Waals surface area (Å²) in [4.78, 5) is 23.2. The first-order chi connectivity index (χ1) is 13.4. The highest BCUT2D eigenvalue weighted by Gasteiger charge is 2.31. The largest absolute Gasteiger partial charge is 0.463 e. The molecule has 0 aliphatic heterocycles. The number of aromatic nitrogens is 2. The van der Waals surface area contributed by atoms with Crippen LogP contribution in [-0.2, 0) is 23.3 Å². The fourth-order valence-corrected chi connectivity index (χ4v) is 5.99. The predicted octanol–water partition coefficient (Wildman–Crippen LogP) is 5.51. The molecule has 1 aliphatic carbocycles. The van der Waals surface area contributed by atoms with Crippen molar-refractivity contribution >= 4 is 39.3 Å². The predicted molar refractivity (Wildman–Crippen MR) is 112 cm³/mol. The van der Waals surface area contributed by atoms with Crippen molar-refractivity contribution in [1.82, 2.24) is 9.97 Å². The first kappa shape index (κ1) is 19.5. The van der Waals surface area contributed by atoms with Crippen LogP contribution >= 0.6 is 23.1 Å². The smallest absolute Gasteiger partial charge is 0.373 e. The standard InChI is InChI=1S/C21H24N2O3S2/c1-21(2,3)12-5-7-14-16(9-12)28-19-17(14)18(22-11-23-19)27-10-13-6-8-15(26-13)20(24)25-4/h6,8,11-12H,5,7,9-10H2,1-4H3. The molecule has 0 saturated heterocycles. The number of carbonyl (C=O) groups is 1. The molecule has 3 heterocycles. The quantitative estimate of drug-likeness (QED) is 0.317. The lowest BCUT2D eigenvalue weighted by Crippen LogP contribution is -2.26. The first-order valence-corrected chi connectivity index (χ1v) is 11.2. The Kier molecular flexibility index (Phi) is 5.22. The van der Waals surface area contributed by atoms with Crippen LogP contribution in [0.25, 0.3) is 10.2 Å². The van der Waals surface area contributed by atoms with Gasteiger partial charge in [0.15, 0.2) is 0 Å². The molecule has 0 saturated carbocycles. The Morgan fingerprint density at radius 2 is 2.18 bits per heavy atom. The maximum absolute atomic E-state index is 11.6. The van der Waals surface area contributed by atoms with Crippen molar-refractivity contribution in [1.29, 1.82) is 0 Å². The van der Waals surface area contributed by atoms with E-state index in [0.29, 0.717) is 17.1 Å². The van der Waals surface area contributed by atoms with E-state index in [-0.39, 0.29) is 5.76 Å². The summed E-state index contributed by atoms with van der Waals surface area (Å²) < 4.78 is 10.3. The number of ether oxygens (including phenoxy) is 1. The summed E-state index contributed by atoms with van der Waals surface area (Å²) in [5.74, 6) is 1.82. The van der Waals surface area contributed by atoms with E-state index in [0.717, 1.165) is 28.5 Å². The van der Waals surface area contributed by atoms with Gasteiger partial charge >= 0.3 is 5.97 Å². The van der Waals surface area contributed by atoms with Gasteiger partial charge in [-0.1, -0.05) is 32.5 Å². The number of furan rings is 1. The van der Waals surface area contributed by atoms with Crippen LogP contribution in [0.3, 0.4) is 0 Å². The van der Waals surface area contributed by atoms with Gasteiger partial charge in [0.25, 0.3) is 0 Å². The Balaban J connectivity index is 1.58. The van der Waals surface area contributed by atoms with Gasteiger partial charge in [-0.25, -0.2) is 14.8 Å². The maximum Gasteiger partial charge on any atom is 0.373 e. The van der Waals surface area contributed by atoms with Crippen molar-refractivity contribution in [3.8, 4) is 0 Å². The van der Waals surface area contributed by atoms with Gasteiger partial charge in [0.05, 0.1) is 12.9 Å². The van der Waals surface area contributed by atoms with Gasteiger partial charge in [0.2, 0.25) is 5.76 Å². The van der Waals surface area contributed by atoms with E-state index in [4.69, 9.17) is 9.15 Å². The van der Waals surface area contributed by atoms with E-state index >= 15 is 0 Å². The Labute approximate surface area is 172 Å². The number of esters is 1. The molecular formula is C21H24N2O3S2. The summed E-state index contributed by atoms with van der Waals surface area (Å²) >= 11 is 3.45. The minimum Gasteiger partial charge on any atom is -0.463 e. The fourth-order valence-electron chi connectivity index (χ4n) is 3.74. The van der Waals surface area contributed by atoms with Crippen LogP contribution in [0.5, 0.6) is 0 Å². The van der Waals surface area contributed by atoms with Crippen LogP contribution in [0.4, 0.5) is 0 Å². The molecule has 1 atom stereocenters. The number of thiophene rings is 1. The molecular weight excluding hydrogens is 392 g/mol. The van der Waals surface area contributed by atoms with Crippen molar-refractivity contribution < 1.29 is 13.9 Å². The Hall–Kier alpha value is -1.86. The SMILES string of the molecule is COC(=O)c1ccc(CSc2ncnc3sc4c(c23)CCC(C(C)(C)C)C4)o1. The fraction of sp³-hybridized carbons (Fsp3) is 0.476. The topological polar surface area (TPSA) is 65.2 Å². The third-order valence-electron chi connectivity index (χ3n) is 5.43. The van der Waals surface area contributed by atoms with Gasteiger partial charge < -0.3 is 9.15 Å². The summed E-state index contributed by atoms with van der Waals surface area (Å²) in [6.45, 7) is 7.01. The Bertz CT molecular complexity index is 1020. The lowest BCUT2D eigenvalue weighted by molar-refractivity contribution is 0.0563. The molecule has 1 unspecified atom stereocenters. The number of hydrogen-bond acceptors (Lipinski definition) is 7. The van der Waals surface area contributed by atoms with Crippen LogP contribution in [0, 0.1) is 11.3 Å². The van der Waals surface area contributed by atoms with Crippen molar-refractivity contribution in [2.45, 2.75) is 50.8 Å². The highest BCUT2D eigenvalue weighted by Crippen LogP contribution is 2.44. The monoisotopic (exact) mass is 416 g/mol. The summed E-state index contributed by atoms with van der Waals surface area (Å²) in [7, 11) is 1.35. The van der Waals surface area contributed by atoms with Crippen LogP contribution in [0.15, 0.2) is 27.9 Å². The average Bonchev–Trinajstić information content (AvgIpc) is 3.29. The molecule has 0 N–H and O–H groups in total. The highest BCUT2D eigenvalue weighted by atomic mass is 32.2. The van der Waals surface area contributed by atoms with Crippen LogP contribution in [-0.4, -0.2) is 23.0 Å². The number of nitrogens with zero attached hydrogens (tertiary/aromatic N) is 2. The van der Waals surface area contributed by atoms with E-state index in [2.05, 4.69) is 30.7 Å². The van der Waals surface area contributed by atoms with Crippen molar-refractivity contribution in [3.05, 3.63) is 40.4 Å². The second kappa shape index (κ2) is 7.52. The van der Waals surface area contributed by atoms with Gasteiger partial charge in [0, 0.05) is 10.3 Å². The van der Waals surface area contributed by atoms with Crippen LogP contribution in [0.2, 0.25) is 0 Å². The average molecular weight is 417 g/mol. The summed E-state index contributed by atoms with van der Waals surface area (Å²) in [5, 5.41) is 2.20. The van der Waals surface area contributed by atoms with E-state index in [1.165, 1.54) is 29.4 Å². The van der Waals surface area contributed by atoms with Gasteiger partial charge in [-0.15, -0.1) is 11.3 Å². The number of aryl methyl sites for hydroxylation is 1. The third kappa shape index (κ3) is 3.70. The molecule has 0 fully saturated rings. The van der Waals surface area contributed by atoms with E-state index in [9.17, 15) is 4.79 Å². The molecule has 0 radical (unpaired) electrons. The highest BCUT2D eigenvalue weighted by molar-refractivity contribution is 7.98. The molecule has 28 heavy (non-hydrogen) atoms. The molecule has 3 aromatic rings. The Morgan fingerprint density at radius 1 is 1.36 bits per heavy atom. The van der Waals surface area contributed by atoms with E-state index in [1.807, 2.05) is 17.4 Å². The van der Waals surface area contributed by atoms with Crippen LogP contribution < -0.4 is 0 Å². The number of fused-ring (bicyclic) bond motifs is 3. The number of hydrogen-bond donors (Lipinski definition) is 0. The van der Waals surface area contributed by atoms with E-state index < -0.39 is 5.97 Å². The van der Waals surface area contributed by atoms with Gasteiger partial charge in [-0.05, 0) is 48.3 Å². The zero-order valence-electron chi connectivity index (χ0n) is 16.6. The molecule has 0 bridgehead atoms. The summed E-state index contributed by atoms with van der Waals surface area (Å²) in [6.07, 6.45) is 5.08. The summed E-state index contributed by atoms with van der Waals surface area (Å²) in [5.41, 5.74) is 1.76. The number of carbonyl (C=O) groups excluding carboxylic acids is 1. The van der Waals surface area contributed by atoms with Gasteiger partial charge in [-0.2, -0.15) is 0 Å². The number of rotatable bonds is 4. The first-order valence-electron chi connectivity index (χ1n) is 9.42. The van der Waals surface area contributed by atoms with Gasteiger partial charge in [0.1, 0.15) is 21.9 Å². The molecule has 5 nitrogen and oxygen atoms in total. The van der Waals surface area contributed by atoms with Crippen molar-refractivity contribution in [3.63, 3.8) is 0 Å². The lowest BCUT2D eigenvalue weighted by atomic mass is 9.72. The van der Waals surface area contributed by atoms with Gasteiger partial charge in [-0.3, -0.25) is 0 Å². The second-order valence-electron chi connectivity index (χ2n) is 8.21. The molecule has 0 spiro atoms. The zero-order chi connectivity index (χ0) is 19.9. The minimum absolute atomic E-state index is 0.229. The van der Waals surface area contributed by atoms with E-state index in [1.54, 1.807) is 24.2 Å². The maximum atomic E-state index is 11.6. The Morgan fingerprint density at radius 3 is 2.93 bits per heavy atom. The van der Waals surface area contributed by atoms with Crippen molar-refractivity contribution in [2.75, 3.05) is 7.11 Å². The second-order valence-corrected chi connectivity index (χ2v) is 10.3. The molecule has 3 aromatic heterocycles. The molecule has 0 amide bonds. The zero-order valence-corrected chi connectivity index (χ0v) is 18.2. The van der Waals surface area contributed by atoms with Crippen molar-refractivity contribution in [2.24, 2.45) is 11.3 Å². The molecule has 148 valence electrons. The molecule has 7 heteroatoms. The normalized spacial score (nSPS) is 16.9. The third-order valence-corrected chi connectivity index (χ3v) is 7.61. The lowest BCUT2D eigenvalue weighted by Gasteiger charge is -2.33. The number of methoxy groups -OCH3 is 1. The van der Waals surface area contributed by atoms with Crippen LogP contribution in [0.1, 0.15) is 53.9 Å². The number of thioether (sulfide) groups is 1. The molecule has 1 aliphatic rings. The summed E-state index contributed by atoms with van der Waals surface area (Å²) in [6, 6.07) is 3.46. The molecule has 4 rings (SSSR count). The molecule has 0 aromatic carbocycles.